The van der Waals surface area contributed by atoms with Gasteiger partial charge in [-0.15, -0.1) is 0 Å². The first-order chi connectivity index (χ1) is 22.0. The first kappa shape index (κ1) is 31.7. The van der Waals surface area contributed by atoms with Gasteiger partial charge in [0.1, 0.15) is 30.3 Å². The number of halogens is 1. The largest absolute Gasteiger partial charge is 0.486 e. The molecule has 232 valence electrons. The highest BCUT2D eigenvalue weighted by Gasteiger charge is 2.21. The standard InChI is InChI=1S/C33H33ClN6O5/c1-42-14-12-36-10-4-6-32(41)40-29-16-26-28(17-31(29)45-25-9-13-43-21-25)38-19-22(18-35)33(26)39-23-7-8-30(27(34)15-23)44-20-24-5-2-3-11-37-24/h2-8,11,15-17,19,25,36H,9-10,12-14,20-21H2,1H3,(H,38,39)(H,40,41)/t25-/m0/s1. The zero-order valence-corrected chi connectivity index (χ0v) is 25.5. The molecule has 5 rings (SSSR count). The van der Waals surface area contributed by atoms with E-state index in [0.29, 0.717) is 83.0 Å². The summed E-state index contributed by atoms with van der Waals surface area (Å²) in [5.41, 5.74) is 3.23. The van der Waals surface area contributed by atoms with E-state index in [2.05, 4.69) is 32.0 Å². The van der Waals surface area contributed by atoms with Gasteiger partial charge in [-0.25, -0.2) is 0 Å². The fourth-order valence-corrected chi connectivity index (χ4v) is 4.83. The van der Waals surface area contributed by atoms with E-state index in [1.165, 1.54) is 12.3 Å². The van der Waals surface area contributed by atoms with Crippen molar-refractivity contribution in [2.75, 3.05) is 50.7 Å². The summed E-state index contributed by atoms with van der Waals surface area (Å²) in [5, 5.41) is 20.4. The van der Waals surface area contributed by atoms with Gasteiger partial charge in [0.25, 0.3) is 0 Å². The number of hydrogen-bond acceptors (Lipinski definition) is 10. The normalized spacial score (nSPS) is 14.4. The van der Waals surface area contributed by atoms with Crippen molar-refractivity contribution in [2.24, 2.45) is 0 Å². The summed E-state index contributed by atoms with van der Waals surface area (Å²) in [6.07, 6.45) is 6.96. The van der Waals surface area contributed by atoms with E-state index < -0.39 is 0 Å². The Balaban J connectivity index is 1.41. The van der Waals surface area contributed by atoms with Crippen LogP contribution in [0.1, 0.15) is 17.7 Å². The van der Waals surface area contributed by atoms with Gasteiger partial charge >= 0.3 is 0 Å². The molecule has 12 heteroatoms. The van der Waals surface area contributed by atoms with Crippen LogP contribution >= 0.6 is 11.6 Å². The number of carbonyl (C=O) groups is 1. The van der Waals surface area contributed by atoms with Crippen LogP contribution in [0.25, 0.3) is 10.9 Å². The number of aromatic nitrogens is 2. The highest BCUT2D eigenvalue weighted by molar-refractivity contribution is 6.32. The lowest BCUT2D eigenvalue weighted by molar-refractivity contribution is -0.111. The van der Waals surface area contributed by atoms with Crippen molar-refractivity contribution in [2.45, 2.75) is 19.1 Å². The van der Waals surface area contributed by atoms with Crippen LogP contribution in [0.4, 0.5) is 17.1 Å². The maximum absolute atomic E-state index is 12.9. The Morgan fingerprint density at radius 1 is 1.20 bits per heavy atom. The van der Waals surface area contributed by atoms with Crippen LogP contribution in [-0.2, 0) is 20.9 Å². The van der Waals surface area contributed by atoms with Crippen LogP contribution in [0.2, 0.25) is 5.02 Å². The third-order valence-corrected chi connectivity index (χ3v) is 7.14. The van der Waals surface area contributed by atoms with Gasteiger partial charge in [-0.1, -0.05) is 23.7 Å². The van der Waals surface area contributed by atoms with Gasteiger partial charge in [-0.2, -0.15) is 5.26 Å². The second-order valence-corrected chi connectivity index (χ2v) is 10.5. The number of anilines is 3. The van der Waals surface area contributed by atoms with Crippen molar-refractivity contribution in [1.82, 2.24) is 15.3 Å². The number of nitrogens with zero attached hydrogens (tertiary/aromatic N) is 3. The lowest BCUT2D eigenvalue weighted by Crippen LogP contribution is -2.20. The van der Waals surface area contributed by atoms with Crippen molar-refractivity contribution in [3.05, 3.63) is 89.4 Å². The molecule has 1 saturated heterocycles. The third-order valence-electron chi connectivity index (χ3n) is 6.85. The van der Waals surface area contributed by atoms with Crippen molar-refractivity contribution in [1.29, 1.82) is 5.26 Å². The average molecular weight is 629 g/mol. The second-order valence-electron chi connectivity index (χ2n) is 10.1. The monoisotopic (exact) mass is 628 g/mol. The molecule has 0 saturated carbocycles. The quantitative estimate of drug-likeness (QED) is 0.123. The molecule has 0 aliphatic carbocycles. The molecular formula is C33H33ClN6O5. The zero-order valence-electron chi connectivity index (χ0n) is 24.7. The number of benzene rings is 2. The molecule has 0 bridgehead atoms. The van der Waals surface area contributed by atoms with Crippen LogP contribution in [0.15, 0.2) is 73.1 Å². The molecule has 3 N–H and O–H groups in total. The van der Waals surface area contributed by atoms with E-state index in [0.717, 1.165) is 12.1 Å². The number of pyridine rings is 2. The lowest BCUT2D eigenvalue weighted by atomic mass is 10.1. The summed E-state index contributed by atoms with van der Waals surface area (Å²) >= 11 is 6.56. The highest BCUT2D eigenvalue weighted by atomic mass is 35.5. The van der Waals surface area contributed by atoms with E-state index in [1.807, 2.05) is 18.2 Å². The Hall–Kier alpha value is -4.73. The van der Waals surface area contributed by atoms with E-state index in [9.17, 15) is 10.1 Å². The highest BCUT2D eigenvalue weighted by Crippen LogP contribution is 2.38. The van der Waals surface area contributed by atoms with Gasteiger partial charge < -0.3 is 34.9 Å². The Bertz CT molecular complexity index is 1690. The molecular weight excluding hydrogens is 596 g/mol. The molecule has 2 aromatic heterocycles. The number of rotatable bonds is 14. The maximum atomic E-state index is 12.9. The summed E-state index contributed by atoms with van der Waals surface area (Å²) in [6.45, 7) is 3.09. The third kappa shape index (κ3) is 8.68. The minimum atomic E-state index is -0.331. The smallest absolute Gasteiger partial charge is 0.248 e. The van der Waals surface area contributed by atoms with Gasteiger partial charge in [-0.3, -0.25) is 14.8 Å². The van der Waals surface area contributed by atoms with Crippen LogP contribution in [0, 0.1) is 11.3 Å². The Labute approximate surface area is 266 Å². The minimum absolute atomic E-state index is 0.157. The maximum Gasteiger partial charge on any atom is 0.248 e. The molecule has 45 heavy (non-hydrogen) atoms. The first-order valence-corrected chi connectivity index (χ1v) is 14.8. The number of ether oxygens (including phenoxy) is 4. The van der Waals surface area contributed by atoms with Gasteiger partial charge in [0.05, 0.1) is 53.0 Å². The van der Waals surface area contributed by atoms with Crippen LogP contribution in [-0.4, -0.2) is 62.0 Å². The number of fused-ring (bicyclic) bond motifs is 1. The Morgan fingerprint density at radius 2 is 2.11 bits per heavy atom. The summed E-state index contributed by atoms with van der Waals surface area (Å²) < 4.78 is 22.6. The van der Waals surface area contributed by atoms with E-state index in [4.69, 9.17) is 30.5 Å². The minimum Gasteiger partial charge on any atom is -0.486 e. The number of nitriles is 1. The molecule has 11 nitrogen and oxygen atoms in total. The topological polar surface area (TPSA) is 140 Å². The Morgan fingerprint density at radius 3 is 2.87 bits per heavy atom. The molecule has 2 aromatic carbocycles. The molecule has 1 fully saturated rings. The van der Waals surface area contributed by atoms with E-state index >= 15 is 0 Å². The summed E-state index contributed by atoms with van der Waals surface area (Å²) in [6, 6.07) is 16.6. The van der Waals surface area contributed by atoms with E-state index in [-0.39, 0.29) is 18.6 Å². The molecule has 3 heterocycles. The SMILES string of the molecule is COCCNCC=CC(=O)Nc1cc2c(Nc3ccc(OCc4ccccn4)c(Cl)c3)c(C#N)cnc2cc1O[C@H]1CCOC1. The molecule has 1 amide bonds. The van der Waals surface area contributed by atoms with Crippen molar-refractivity contribution < 1.29 is 23.7 Å². The van der Waals surface area contributed by atoms with Crippen molar-refractivity contribution in [3.8, 4) is 17.6 Å². The molecule has 4 aromatic rings. The lowest BCUT2D eigenvalue weighted by Gasteiger charge is -2.18. The van der Waals surface area contributed by atoms with Crippen LogP contribution in [0.3, 0.4) is 0 Å². The van der Waals surface area contributed by atoms with Crippen LogP contribution in [0.5, 0.6) is 11.5 Å². The average Bonchev–Trinajstić information content (AvgIpc) is 3.56. The summed E-state index contributed by atoms with van der Waals surface area (Å²) in [7, 11) is 1.63. The predicted molar refractivity (Wildman–Crippen MR) is 172 cm³/mol. The van der Waals surface area contributed by atoms with Gasteiger partial charge in [0.2, 0.25) is 5.91 Å². The molecule has 1 atom stereocenters. The molecule has 1 aliphatic heterocycles. The van der Waals surface area contributed by atoms with E-state index in [1.54, 1.807) is 49.7 Å². The zero-order chi connectivity index (χ0) is 31.4. The molecule has 0 unspecified atom stereocenters. The molecule has 0 spiro atoms. The molecule has 0 radical (unpaired) electrons. The van der Waals surface area contributed by atoms with Gasteiger partial charge in [-0.05, 0) is 36.4 Å². The number of nitrogens with one attached hydrogen (secondary N) is 3. The summed E-state index contributed by atoms with van der Waals surface area (Å²) in [5.74, 6) is 0.624. The van der Waals surface area contributed by atoms with Crippen molar-refractivity contribution in [3.63, 3.8) is 0 Å². The first-order valence-electron chi connectivity index (χ1n) is 14.4. The number of carbonyl (C=O) groups excluding carboxylic acids is 1. The Kier molecular flexibility index (Phi) is 11.1. The number of amides is 1. The fourth-order valence-electron chi connectivity index (χ4n) is 4.60. The number of methoxy groups -OCH3 is 1. The fraction of sp³-hybridized carbons (Fsp3) is 0.273. The van der Waals surface area contributed by atoms with Crippen LogP contribution < -0.4 is 25.4 Å². The van der Waals surface area contributed by atoms with Crippen molar-refractivity contribution >= 4 is 45.5 Å². The van der Waals surface area contributed by atoms with Gasteiger partial charge in [0, 0.05) is 62.2 Å². The predicted octanol–water partition coefficient (Wildman–Crippen LogP) is 5.38. The summed E-state index contributed by atoms with van der Waals surface area (Å²) in [4.78, 5) is 21.7. The van der Waals surface area contributed by atoms with Gasteiger partial charge in [0.15, 0.2) is 0 Å². The second kappa shape index (κ2) is 15.8. The number of hydrogen-bond donors (Lipinski definition) is 3. The molecule has 1 aliphatic rings.